The highest BCUT2D eigenvalue weighted by Crippen LogP contribution is 2.55. The summed E-state index contributed by atoms with van der Waals surface area (Å²) in [5.41, 5.74) is 2.28. The number of phenols is 2. The molecule has 0 unspecified atom stereocenters. The van der Waals surface area contributed by atoms with Gasteiger partial charge in [0.2, 0.25) is 17.8 Å². The van der Waals surface area contributed by atoms with E-state index in [0.717, 1.165) is 6.08 Å². The first-order valence-electron chi connectivity index (χ1n) is 17.0. The molecule has 3 aromatic rings. The fourth-order valence-electron chi connectivity index (χ4n) is 6.98. The van der Waals surface area contributed by atoms with Gasteiger partial charge < -0.3 is 73.6 Å². The molecular weight excluding hydrogens is 712 g/mol. The van der Waals surface area contributed by atoms with E-state index < -0.39 is 61.0 Å². The Kier molecular flexibility index (Phi) is 13.0. The highest BCUT2D eigenvalue weighted by molar-refractivity contribution is 5.87. The zero-order valence-corrected chi connectivity index (χ0v) is 30.4. The number of aliphatic hydroxyl groups excluding tert-OH is 5. The number of hydrogen-bond donors (Lipinski definition) is 7. The van der Waals surface area contributed by atoms with Gasteiger partial charge in [-0.3, -0.25) is 0 Å². The molecule has 0 aromatic heterocycles. The number of rotatable bonds is 14. The lowest BCUT2D eigenvalue weighted by Gasteiger charge is -2.42. The molecule has 0 radical (unpaired) electrons. The van der Waals surface area contributed by atoms with Crippen LogP contribution in [0.3, 0.4) is 0 Å². The maximum absolute atomic E-state index is 12.6. The topological polar surface area (TPSA) is 233 Å². The summed E-state index contributed by atoms with van der Waals surface area (Å²) in [6.45, 7) is -1.15. The number of carbonyl (C=O) groups is 1. The number of ether oxygens (including phenoxy) is 8. The first-order chi connectivity index (χ1) is 25.9. The van der Waals surface area contributed by atoms with E-state index in [1.54, 1.807) is 24.3 Å². The second-order valence-corrected chi connectivity index (χ2v) is 12.8. The average Bonchev–Trinajstić information content (AvgIpc) is 3.19. The van der Waals surface area contributed by atoms with Crippen molar-refractivity contribution in [1.82, 2.24) is 0 Å². The van der Waals surface area contributed by atoms with Crippen molar-refractivity contribution in [1.29, 1.82) is 0 Å². The zero-order valence-electron chi connectivity index (χ0n) is 30.4. The number of fused-ring (bicyclic) bond motifs is 1. The quantitative estimate of drug-likeness (QED) is 0.0912. The predicted molar refractivity (Wildman–Crippen MR) is 189 cm³/mol. The zero-order chi connectivity index (χ0) is 39.3. The molecule has 1 fully saturated rings. The first-order valence-corrected chi connectivity index (χ1v) is 17.0. The van der Waals surface area contributed by atoms with E-state index in [2.05, 4.69) is 0 Å². The molecule has 16 heteroatoms. The second-order valence-electron chi connectivity index (χ2n) is 12.8. The van der Waals surface area contributed by atoms with Crippen LogP contribution in [0.2, 0.25) is 0 Å². The van der Waals surface area contributed by atoms with Crippen molar-refractivity contribution in [3.05, 3.63) is 64.7 Å². The molecule has 1 saturated heterocycles. The molecule has 0 spiro atoms. The Balaban J connectivity index is 1.48. The lowest BCUT2D eigenvalue weighted by atomic mass is 9.66. The summed E-state index contributed by atoms with van der Waals surface area (Å²) >= 11 is 0. The summed E-state index contributed by atoms with van der Waals surface area (Å²) in [5, 5.41) is 74.2. The van der Waals surface area contributed by atoms with Gasteiger partial charge in [-0.15, -0.1) is 0 Å². The largest absolute Gasteiger partial charge is 0.504 e. The molecule has 2 aliphatic rings. The van der Waals surface area contributed by atoms with Crippen molar-refractivity contribution < 1.29 is 78.4 Å². The molecule has 294 valence electrons. The minimum absolute atomic E-state index is 0.0590. The molecule has 54 heavy (non-hydrogen) atoms. The summed E-state index contributed by atoms with van der Waals surface area (Å²) < 4.78 is 44.9. The van der Waals surface area contributed by atoms with Crippen LogP contribution in [0.25, 0.3) is 6.08 Å². The average molecular weight is 759 g/mol. The van der Waals surface area contributed by atoms with Crippen LogP contribution in [0.4, 0.5) is 0 Å². The van der Waals surface area contributed by atoms with Crippen molar-refractivity contribution in [2.24, 2.45) is 11.8 Å². The Hall–Kier alpha value is -4.97. The van der Waals surface area contributed by atoms with Crippen LogP contribution in [0, 0.1) is 11.8 Å². The molecule has 1 heterocycles. The smallest absolute Gasteiger partial charge is 0.330 e. The molecule has 16 nitrogen and oxygen atoms in total. The van der Waals surface area contributed by atoms with Gasteiger partial charge in [-0.05, 0) is 71.4 Å². The van der Waals surface area contributed by atoms with Crippen LogP contribution in [0.5, 0.6) is 46.0 Å². The number of aliphatic hydroxyl groups is 5. The van der Waals surface area contributed by atoms with E-state index in [1.807, 2.05) is 0 Å². The number of methoxy groups -OCH3 is 5. The first kappa shape index (κ1) is 40.2. The second kappa shape index (κ2) is 17.4. The lowest BCUT2D eigenvalue weighted by Crippen LogP contribution is -2.60. The van der Waals surface area contributed by atoms with Gasteiger partial charge in [0, 0.05) is 30.8 Å². The molecule has 1 aliphatic heterocycles. The van der Waals surface area contributed by atoms with Crippen LogP contribution in [-0.4, -0.2) is 128 Å². The van der Waals surface area contributed by atoms with E-state index in [9.17, 15) is 40.5 Å². The molecule has 8 atom stereocenters. The highest BCUT2D eigenvalue weighted by Gasteiger charge is 2.47. The van der Waals surface area contributed by atoms with Gasteiger partial charge in [-0.1, -0.05) is 6.07 Å². The molecular formula is C38H46O16. The third-order valence-electron chi connectivity index (χ3n) is 9.79. The summed E-state index contributed by atoms with van der Waals surface area (Å²) in [4.78, 5) is 12.6. The fourth-order valence-corrected chi connectivity index (χ4v) is 6.98. The lowest BCUT2D eigenvalue weighted by molar-refractivity contribution is -0.278. The van der Waals surface area contributed by atoms with Crippen molar-refractivity contribution in [2.75, 3.05) is 55.4 Å². The fraction of sp³-hybridized carbons (Fsp3) is 0.447. The Bertz CT molecular complexity index is 1790. The van der Waals surface area contributed by atoms with E-state index in [4.69, 9.17) is 37.9 Å². The molecule has 7 N–H and O–H groups in total. The van der Waals surface area contributed by atoms with Crippen LogP contribution in [0.1, 0.15) is 28.2 Å². The molecule has 5 rings (SSSR count). The molecule has 0 amide bonds. The Labute approximate surface area is 311 Å². The number of aromatic hydroxyl groups is 2. The third kappa shape index (κ3) is 7.94. The van der Waals surface area contributed by atoms with Gasteiger partial charge in [-0.2, -0.15) is 0 Å². The van der Waals surface area contributed by atoms with Gasteiger partial charge in [-0.25, -0.2) is 4.79 Å². The van der Waals surface area contributed by atoms with E-state index >= 15 is 0 Å². The van der Waals surface area contributed by atoms with Crippen molar-refractivity contribution in [2.45, 2.75) is 43.0 Å². The third-order valence-corrected chi connectivity index (χ3v) is 9.79. The van der Waals surface area contributed by atoms with Crippen molar-refractivity contribution in [3.8, 4) is 46.0 Å². The SMILES string of the molecule is COc1cc(C=CC(=O)OC[C@H]2O[C@@H](Oc3c(OC)cc4c(c3OC)[C@H](c3cc(OC)c(O)c(OC)c3)[C@@H](CO)[C@H](CO)C4)[C@H](O)[C@@H](O)[C@@H]2O)ccc1O. The normalized spacial score (nSPS) is 25.1. The minimum Gasteiger partial charge on any atom is -0.504 e. The predicted octanol–water partition coefficient (Wildman–Crippen LogP) is 1.49. The van der Waals surface area contributed by atoms with Gasteiger partial charge in [0.25, 0.3) is 0 Å². The Morgan fingerprint density at radius 3 is 2.06 bits per heavy atom. The summed E-state index contributed by atoms with van der Waals surface area (Å²) in [5.74, 6) is -2.21. The molecule has 1 aliphatic carbocycles. The van der Waals surface area contributed by atoms with Crippen molar-refractivity contribution in [3.63, 3.8) is 0 Å². The van der Waals surface area contributed by atoms with Crippen molar-refractivity contribution >= 4 is 12.0 Å². The maximum atomic E-state index is 12.6. The van der Waals surface area contributed by atoms with Crippen LogP contribution in [0.15, 0.2) is 42.5 Å². The molecule has 0 saturated carbocycles. The number of carbonyl (C=O) groups excluding carboxylic acids is 1. The summed E-state index contributed by atoms with van der Waals surface area (Å²) in [6, 6.07) is 9.30. The highest BCUT2D eigenvalue weighted by atomic mass is 16.7. The minimum atomic E-state index is -1.80. The van der Waals surface area contributed by atoms with Crippen LogP contribution >= 0.6 is 0 Å². The summed E-state index contributed by atoms with van der Waals surface area (Å²) in [6.07, 6.45) is -5.45. The standard InChI is InChI=1S/C38H46O16/c1-47-24-10-18(6-8-23(24)41)7-9-29(42)52-17-28-33(44)34(45)35(46)38(53-28)54-36-27(50-4)14-19-11-21(15-39)22(16-40)30(31(19)37(36)51-5)20-12-25(48-2)32(43)26(13-20)49-3/h6-10,12-14,21-22,28,30,33-35,38-41,43-46H,11,15-17H2,1-5H3/t21-,22-,28+,30+,33+,34-,35+,38-/m0/s1. The molecule has 3 aromatic carbocycles. The van der Waals surface area contributed by atoms with Gasteiger partial charge in [0.15, 0.2) is 34.5 Å². The van der Waals surface area contributed by atoms with Gasteiger partial charge in [0.05, 0.1) is 35.5 Å². The van der Waals surface area contributed by atoms with Gasteiger partial charge >= 0.3 is 5.97 Å². The van der Waals surface area contributed by atoms with E-state index in [0.29, 0.717) is 28.7 Å². The Morgan fingerprint density at radius 1 is 0.796 bits per heavy atom. The summed E-state index contributed by atoms with van der Waals surface area (Å²) in [7, 11) is 6.90. The van der Waals surface area contributed by atoms with Gasteiger partial charge in [0.1, 0.15) is 31.0 Å². The number of phenolic OH excluding ortho intramolecular Hbond substituents is 2. The van der Waals surface area contributed by atoms with E-state index in [-0.39, 0.29) is 59.2 Å². The monoisotopic (exact) mass is 758 g/mol. The number of esters is 1. The number of hydrogen-bond acceptors (Lipinski definition) is 16. The van der Waals surface area contributed by atoms with E-state index in [1.165, 1.54) is 53.8 Å². The maximum Gasteiger partial charge on any atom is 0.330 e. The number of benzene rings is 3. The Morgan fingerprint density at radius 2 is 1.46 bits per heavy atom. The van der Waals surface area contributed by atoms with Crippen LogP contribution in [-0.2, 0) is 20.7 Å². The molecule has 0 bridgehead atoms. The van der Waals surface area contributed by atoms with Crippen LogP contribution < -0.4 is 28.4 Å².